The van der Waals surface area contributed by atoms with Gasteiger partial charge in [0.1, 0.15) is 11.1 Å². The molecule has 1 amide bonds. The molecule has 3 heterocycles. The summed E-state index contributed by atoms with van der Waals surface area (Å²) in [5, 5.41) is 0. The number of esters is 1. The Morgan fingerprint density at radius 3 is 2.75 bits per heavy atom. The molecule has 0 aliphatic carbocycles. The van der Waals surface area contributed by atoms with E-state index >= 15 is 0 Å². The lowest BCUT2D eigenvalue weighted by atomic mass is 10.1. The maximum atomic E-state index is 12.5. The van der Waals surface area contributed by atoms with Crippen molar-refractivity contribution in [3.63, 3.8) is 0 Å². The molecule has 0 bridgehead atoms. The van der Waals surface area contributed by atoms with Gasteiger partial charge in [0.15, 0.2) is 10.6 Å². The van der Waals surface area contributed by atoms with Gasteiger partial charge in [0.2, 0.25) is 5.95 Å². The summed E-state index contributed by atoms with van der Waals surface area (Å²) in [6, 6.07) is -0.354. The summed E-state index contributed by atoms with van der Waals surface area (Å²) in [5.41, 5.74) is 7.56. The smallest absolute Gasteiger partial charge is 0.410 e. The Labute approximate surface area is 166 Å². The Kier molecular flexibility index (Phi) is 5.54. The van der Waals surface area contributed by atoms with Crippen LogP contribution in [0.25, 0.3) is 10.3 Å². The maximum Gasteiger partial charge on any atom is 0.410 e. The average molecular weight is 408 g/mol. The molecule has 2 aromatic heterocycles. The van der Waals surface area contributed by atoms with Crippen LogP contribution in [0.1, 0.15) is 27.2 Å². The molecule has 2 aromatic rings. The number of anilines is 2. The van der Waals surface area contributed by atoms with Crippen molar-refractivity contribution < 1.29 is 19.1 Å². The number of carbonyl (C=O) groups excluding carboxylic acids is 2. The molecule has 1 unspecified atom stereocenters. The molecule has 1 saturated heterocycles. The number of amides is 1. The van der Waals surface area contributed by atoms with Crippen LogP contribution in [-0.2, 0) is 14.3 Å². The predicted octanol–water partition coefficient (Wildman–Crippen LogP) is 1.66. The van der Waals surface area contributed by atoms with E-state index in [-0.39, 0.29) is 24.4 Å². The van der Waals surface area contributed by atoms with Crippen molar-refractivity contribution in [2.75, 3.05) is 37.4 Å². The number of piperazine rings is 1. The lowest BCUT2D eigenvalue weighted by molar-refractivity contribution is -0.141. The summed E-state index contributed by atoms with van der Waals surface area (Å²) in [5.74, 6) is 0.317. The van der Waals surface area contributed by atoms with Gasteiger partial charge in [-0.15, -0.1) is 11.3 Å². The molecular formula is C17H24N6O4S. The molecule has 0 radical (unpaired) electrons. The highest BCUT2D eigenvalue weighted by atomic mass is 32.1. The SMILES string of the molecule is COC(=O)CC1CN(C(=O)OC(C)(C)C)CCN1c1nc(N)nc2scnc12. The third-order valence-electron chi connectivity index (χ3n) is 4.23. The monoisotopic (exact) mass is 408 g/mol. The second-order valence-corrected chi connectivity index (χ2v) is 8.30. The van der Waals surface area contributed by atoms with Crippen LogP contribution in [0.15, 0.2) is 5.51 Å². The van der Waals surface area contributed by atoms with E-state index in [4.69, 9.17) is 15.2 Å². The summed E-state index contributed by atoms with van der Waals surface area (Å²) >= 11 is 1.37. The van der Waals surface area contributed by atoms with Crippen molar-refractivity contribution in [1.29, 1.82) is 0 Å². The summed E-state index contributed by atoms with van der Waals surface area (Å²) < 4.78 is 10.3. The first-order chi connectivity index (χ1) is 13.2. The van der Waals surface area contributed by atoms with E-state index in [9.17, 15) is 9.59 Å². The topological polar surface area (TPSA) is 124 Å². The van der Waals surface area contributed by atoms with Gasteiger partial charge in [0.25, 0.3) is 0 Å². The standard InChI is InChI=1S/C17H24N6O4S/c1-17(2,3)27-16(25)22-5-6-23(10(8-22)7-11(24)26-4)13-12-14(28-9-19-12)21-15(18)20-13/h9-10H,5-8H2,1-4H3,(H2,18,20,21). The summed E-state index contributed by atoms with van der Waals surface area (Å²) in [6.07, 6.45) is -0.325. The third-order valence-corrected chi connectivity index (χ3v) is 4.95. The molecule has 2 N–H and O–H groups in total. The molecule has 0 saturated carbocycles. The summed E-state index contributed by atoms with van der Waals surface area (Å²) in [7, 11) is 1.34. The zero-order valence-electron chi connectivity index (χ0n) is 16.3. The van der Waals surface area contributed by atoms with E-state index < -0.39 is 11.7 Å². The fraction of sp³-hybridized carbons (Fsp3) is 0.588. The second kappa shape index (κ2) is 7.74. The minimum absolute atomic E-state index is 0.0886. The molecule has 10 nitrogen and oxygen atoms in total. The van der Waals surface area contributed by atoms with Gasteiger partial charge < -0.3 is 25.0 Å². The lowest BCUT2D eigenvalue weighted by Gasteiger charge is -2.41. The van der Waals surface area contributed by atoms with Crippen molar-refractivity contribution in [2.24, 2.45) is 0 Å². The van der Waals surface area contributed by atoms with Crippen LogP contribution in [0.3, 0.4) is 0 Å². The van der Waals surface area contributed by atoms with Gasteiger partial charge >= 0.3 is 12.1 Å². The van der Waals surface area contributed by atoms with Gasteiger partial charge in [-0.3, -0.25) is 4.79 Å². The fourth-order valence-corrected chi connectivity index (χ4v) is 3.70. The number of nitrogen functional groups attached to an aromatic ring is 1. The van der Waals surface area contributed by atoms with E-state index in [2.05, 4.69) is 15.0 Å². The molecule has 28 heavy (non-hydrogen) atoms. The number of ether oxygens (including phenoxy) is 2. The minimum Gasteiger partial charge on any atom is -0.469 e. The average Bonchev–Trinajstić information content (AvgIpc) is 3.07. The van der Waals surface area contributed by atoms with Crippen LogP contribution in [-0.4, -0.2) is 70.3 Å². The van der Waals surface area contributed by atoms with Crippen LogP contribution in [0.4, 0.5) is 16.6 Å². The largest absolute Gasteiger partial charge is 0.469 e. The maximum absolute atomic E-state index is 12.5. The molecule has 152 valence electrons. The van der Waals surface area contributed by atoms with Crippen LogP contribution in [0, 0.1) is 0 Å². The first kappa shape index (κ1) is 20.1. The van der Waals surface area contributed by atoms with Gasteiger partial charge in [-0.25, -0.2) is 14.8 Å². The minimum atomic E-state index is -0.597. The molecule has 3 rings (SSSR count). The molecule has 1 aliphatic heterocycles. The number of fused-ring (bicyclic) bond motifs is 1. The van der Waals surface area contributed by atoms with Crippen molar-refractivity contribution in [3.8, 4) is 0 Å². The number of hydrogen-bond acceptors (Lipinski definition) is 10. The first-order valence-corrected chi connectivity index (χ1v) is 9.74. The molecule has 1 fully saturated rings. The van der Waals surface area contributed by atoms with E-state index in [1.807, 2.05) is 25.7 Å². The van der Waals surface area contributed by atoms with Gasteiger partial charge in [0, 0.05) is 19.6 Å². The van der Waals surface area contributed by atoms with Crippen LogP contribution < -0.4 is 10.6 Å². The normalized spacial score (nSPS) is 17.6. The molecular weight excluding hydrogens is 384 g/mol. The Hall–Kier alpha value is -2.69. The Bertz CT molecular complexity index is 880. The Balaban J connectivity index is 1.89. The van der Waals surface area contributed by atoms with E-state index in [0.29, 0.717) is 35.8 Å². The molecule has 0 aromatic carbocycles. The Morgan fingerprint density at radius 2 is 2.07 bits per heavy atom. The van der Waals surface area contributed by atoms with Crippen molar-refractivity contribution in [2.45, 2.75) is 38.8 Å². The molecule has 11 heteroatoms. The van der Waals surface area contributed by atoms with E-state index in [1.165, 1.54) is 18.4 Å². The molecule has 1 atom stereocenters. The van der Waals surface area contributed by atoms with Crippen LogP contribution in [0.2, 0.25) is 0 Å². The van der Waals surface area contributed by atoms with Crippen LogP contribution in [0.5, 0.6) is 0 Å². The Morgan fingerprint density at radius 1 is 1.32 bits per heavy atom. The summed E-state index contributed by atoms with van der Waals surface area (Å²) in [4.78, 5) is 41.6. The van der Waals surface area contributed by atoms with Crippen molar-refractivity contribution in [1.82, 2.24) is 19.9 Å². The number of aromatic nitrogens is 3. The fourth-order valence-electron chi connectivity index (χ4n) is 3.04. The lowest BCUT2D eigenvalue weighted by Crippen LogP contribution is -2.56. The number of nitrogens with two attached hydrogens (primary N) is 1. The number of methoxy groups -OCH3 is 1. The van der Waals surface area contributed by atoms with E-state index in [1.54, 1.807) is 10.4 Å². The first-order valence-electron chi connectivity index (χ1n) is 8.86. The van der Waals surface area contributed by atoms with Gasteiger partial charge in [-0.2, -0.15) is 4.98 Å². The number of rotatable bonds is 3. The number of carbonyl (C=O) groups is 2. The quantitative estimate of drug-likeness (QED) is 0.755. The highest BCUT2D eigenvalue weighted by Crippen LogP contribution is 2.30. The molecule has 0 spiro atoms. The zero-order valence-corrected chi connectivity index (χ0v) is 17.2. The summed E-state index contributed by atoms with van der Waals surface area (Å²) in [6.45, 7) is 6.60. The zero-order chi connectivity index (χ0) is 20.5. The third kappa shape index (κ3) is 4.41. The van der Waals surface area contributed by atoms with Gasteiger partial charge in [-0.1, -0.05) is 0 Å². The number of nitrogens with zero attached hydrogens (tertiary/aromatic N) is 5. The van der Waals surface area contributed by atoms with Gasteiger partial charge in [-0.05, 0) is 20.8 Å². The molecule has 1 aliphatic rings. The van der Waals surface area contributed by atoms with Gasteiger partial charge in [0.05, 0.1) is 25.1 Å². The number of hydrogen-bond donors (Lipinski definition) is 1. The van der Waals surface area contributed by atoms with E-state index in [0.717, 1.165) is 0 Å². The van der Waals surface area contributed by atoms with Crippen molar-refractivity contribution in [3.05, 3.63) is 5.51 Å². The highest BCUT2D eigenvalue weighted by molar-refractivity contribution is 7.16. The predicted molar refractivity (Wildman–Crippen MR) is 105 cm³/mol. The second-order valence-electron chi connectivity index (χ2n) is 7.47. The van der Waals surface area contributed by atoms with Crippen molar-refractivity contribution >= 4 is 45.5 Å². The number of thiazole rings is 1. The highest BCUT2D eigenvalue weighted by Gasteiger charge is 2.35. The van der Waals surface area contributed by atoms with Crippen LogP contribution >= 0.6 is 11.3 Å².